The summed E-state index contributed by atoms with van der Waals surface area (Å²) in [6.45, 7) is 6.30. The lowest BCUT2D eigenvalue weighted by Gasteiger charge is -2.32. The number of nitrogens with zero attached hydrogens (tertiary/aromatic N) is 1. The Bertz CT molecular complexity index is 813. The number of carbonyl (C=O) groups is 1. The SMILES string of the molecule is CC1CC(=O)Nc2cc(OCCCN3CCC(Cc4ccccc4)CC3)ccc21. The second-order valence-corrected chi connectivity index (χ2v) is 8.58. The van der Waals surface area contributed by atoms with Crippen LogP contribution in [0, 0.1) is 5.92 Å². The van der Waals surface area contributed by atoms with E-state index in [0.29, 0.717) is 13.0 Å². The quantitative estimate of drug-likeness (QED) is 0.685. The first-order valence-electron chi connectivity index (χ1n) is 11.0. The Hall–Kier alpha value is -2.33. The maximum atomic E-state index is 11.8. The number of likely N-dealkylation sites (tertiary alicyclic amines) is 1. The van der Waals surface area contributed by atoms with Crippen LogP contribution in [-0.2, 0) is 11.2 Å². The molecule has 2 aromatic rings. The molecule has 1 unspecified atom stereocenters. The van der Waals surface area contributed by atoms with E-state index in [9.17, 15) is 4.79 Å². The van der Waals surface area contributed by atoms with E-state index >= 15 is 0 Å². The molecule has 2 heterocycles. The zero-order valence-electron chi connectivity index (χ0n) is 17.4. The van der Waals surface area contributed by atoms with E-state index < -0.39 is 0 Å². The molecule has 4 rings (SSSR count). The van der Waals surface area contributed by atoms with Gasteiger partial charge in [-0.1, -0.05) is 43.3 Å². The van der Waals surface area contributed by atoms with Crippen molar-refractivity contribution in [1.82, 2.24) is 4.90 Å². The number of carbonyl (C=O) groups excluding carboxylic acids is 1. The molecule has 1 N–H and O–H groups in total. The van der Waals surface area contributed by atoms with Crippen LogP contribution in [0.3, 0.4) is 0 Å². The molecule has 0 saturated carbocycles. The van der Waals surface area contributed by atoms with E-state index in [1.54, 1.807) is 0 Å². The summed E-state index contributed by atoms with van der Waals surface area (Å²) in [6.07, 6.45) is 5.39. The van der Waals surface area contributed by atoms with Crippen molar-refractivity contribution in [3.63, 3.8) is 0 Å². The van der Waals surface area contributed by atoms with E-state index in [0.717, 1.165) is 30.3 Å². The summed E-state index contributed by atoms with van der Waals surface area (Å²) in [5.74, 6) is 2.04. The molecule has 4 heteroatoms. The average Bonchev–Trinajstić information content (AvgIpc) is 2.73. The average molecular weight is 393 g/mol. The minimum absolute atomic E-state index is 0.0952. The van der Waals surface area contributed by atoms with Gasteiger partial charge < -0.3 is 15.0 Å². The van der Waals surface area contributed by atoms with Gasteiger partial charge in [-0.3, -0.25) is 4.79 Å². The Morgan fingerprint density at radius 3 is 2.69 bits per heavy atom. The summed E-state index contributed by atoms with van der Waals surface area (Å²) in [7, 11) is 0. The molecule has 0 aromatic heterocycles. The van der Waals surface area contributed by atoms with Gasteiger partial charge in [-0.25, -0.2) is 0 Å². The molecular formula is C25H32N2O2. The van der Waals surface area contributed by atoms with Crippen molar-refractivity contribution >= 4 is 11.6 Å². The Labute approximate surface area is 174 Å². The lowest BCUT2D eigenvalue weighted by atomic mass is 9.90. The van der Waals surface area contributed by atoms with Crippen molar-refractivity contribution < 1.29 is 9.53 Å². The first-order valence-corrected chi connectivity index (χ1v) is 11.0. The third kappa shape index (κ3) is 5.39. The second kappa shape index (κ2) is 9.45. The summed E-state index contributed by atoms with van der Waals surface area (Å²) >= 11 is 0. The summed E-state index contributed by atoms with van der Waals surface area (Å²) in [5.41, 5.74) is 3.58. The van der Waals surface area contributed by atoms with Gasteiger partial charge in [0.05, 0.1) is 6.61 Å². The number of anilines is 1. The molecule has 1 amide bonds. The lowest BCUT2D eigenvalue weighted by Crippen LogP contribution is -2.35. The first-order chi connectivity index (χ1) is 14.2. The highest BCUT2D eigenvalue weighted by Gasteiger charge is 2.22. The van der Waals surface area contributed by atoms with Gasteiger partial charge in [-0.05, 0) is 67.8 Å². The van der Waals surface area contributed by atoms with Crippen LogP contribution in [0.25, 0.3) is 0 Å². The van der Waals surface area contributed by atoms with Crippen LogP contribution in [0.15, 0.2) is 48.5 Å². The molecule has 0 aliphatic carbocycles. The highest BCUT2D eigenvalue weighted by atomic mass is 16.5. The summed E-state index contributed by atoms with van der Waals surface area (Å²) in [5, 5.41) is 2.97. The number of nitrogens with one attached hydrogen (secondary N) is 1. The number of hydrogen-bond donors (Lipinski definition) is 1. The number of hydrogen-bond acceptors (Lipinski definition) is 3. The number of benzene rings is 2. The predicted molar refractivity (Wildman–Crippen MR) is 118 cm³/mol. The first kappa shape index (κ1) is 20.0. The number of amides is 1. The molecule has 2 aliphatic heterocycles. The fraction of sp³-hybridized carbons (Fsp3) is 0.480. The van der Waals surface area contributed by atoms with Crippen molar-refractivity contribution in [3.8, 4) is 5.75 Å². The third-order valence-electron chi connectivity index (χ3n) is 6.28. The van der Waals surface area contributed by atoms with Gasteiger partial charge in [0.25, 0.3) is 0 Å². The molecule has 4 nitrogen and oxygen atoms in total. The van der Waals surface area contributed by atoms with E-state index in [1.807, 2.05) is 12.1 Å². The maximum Gasteiger partial charge on any atom is 0.224 e. The number of ether oxygens (including phenoxy) is 1. The monoisotopic (exact) mass is 392 g/mol. The molecule has 1 atom stereocenters. The Kier molecular flexibility index (Phi) is 6.50. The molecule has 2 aliphatic rings. The zero-order chi connectivity index (χ0) is 20.1. The molecule has 1 fully saturated rings. The van der Waals surface area contributed by atoms with Crippen LogP contribution in [-0.4, -0.2) is 37.0 Å². The van der Waals surface area contributed by atoms with Crippen molar-refractivity contribution in [2.24, 2.45) is 5.92 Å². The maximum absolute atomic E-state index is 11.8. The van der Waals surface area contributed by atoms with Crippen LogP contribution in [0.5, 0.6) is 5.75 Å². The van der Waals surface area contributed by atoms with Gasteiger partial charge in [0, 0.05) is 24.7 Å². The van der Waals surface area contributed by atoms with E-state index in [1.165, 1.54) is 43.5 Å². The van der Waals surface area contributed by atoms with Gasteiger partial charge in [-0.2, -0.15) is 0 Å². The van der Waals surface area contributed by atoms with Crippen LogP contribution in [0.2, 0.25) is 0 Å². The van der Waals surface area contributed by atoms with Crippen molar-refractivity contribution in [1.29, 1.82) is 0 Å². The smallest absolute Gasteiger partial charge is 0.224 e. The largest absolute Gasteiger partial charge is 0.493 e. The predicted octanol–water partition coefficient (Wildman–Crippen LogP) is 4.86. The number of piperidine rings is 1. The second-order valence-electron chi connectivity index (χ2n) is 8.58. The van der Waals surface area contributed by atoms with Crippen LogP contribution in [0.1, 0.15) is 49.7 Å². The Balaban J connectivity index is 1.16. The standard InChI is InChI=1S/C25H32N2O2/c1-19-16-25(28)26-24-18-22(8-9-23(19)24)29-15-5-12-27-13-10-21(11-14-27)17-20-6-3-2-4-7-20/h2-4,6-9,18-19,21H,5,10-17H2,1H3,(H,26,28). The summed E-state index contributed by atoms with van der Waals surface area (Å²) in [6, 6.07) is 17.0. The molecule has 0 bridgehead atoms. The van der Waals surface area contributed by atoms with Crippen molar-refractivity contribution in [2.45, 2.75) is 44.9 Å². The molecule has 2 aromatic carbocycles. The number of rotatable bonds is 7. The highest BCUT2D eigenvalue weighted by Crippen LogP contribution is 2.34. The fourth-order valence-electron chi connectivity index (χ4n) is 4.59. The minimum Gasteiger partial charge on any atom is -0.493 e. The van der Waals surface area contributed by atoms with E-state index in [-0.39, 0.29) is 11.8 Å². The van der Waals surface area contributed by atoms with Crippen LogP contribution < -0.4 is 10.1 Å². The third-order valence-corrected chi connectivity index (χ3v) is 6.28. The molecule has 1 saturated heterocycles. The molecule has 0 radical (unpaired) electrons. The van der Waals surface area contributed by atoms with Crippen molar-refractivity contribution in [3.05, 3.63) is 59.7 Å². The van der Waals surface area contributed by atoms with Gasteiger partial charge in [0.1, 0.15) is 5.75 Å². The summed E-state index contributed by atoms with van der Waals surface area (Å²) in [4.78, 5) is 14.3. The Morgan fingerprint density at radius 2 is 1.90 bits per heavy atom. The molecular weight excluding hydrogens is 360 g/mol. The molecule has 154 valence electrons. The van der Waals surface area contributed by atoms with Gasteiger partial charge in [0.2, 0.25) is 5.91 Å². The van der Waals surface area contributed by atoms with Gasteiger partial charge >= 0.3 is 0 Å². The van der Waals surface area contributed by atoms with Gasteiger partial charge in [0.15, 0.2) is 0 Å². The molecule has 29 heavy (non-hydrogen) atoms. The minimum atomic E-state index is 0.0952. The van der Waals surface area contributed by atoms with E-state index in [2.05, 4.69) is 53.5 Å². The summed E-state index contributed by atoms with van der Waals surface area (Å²) < 4.78 is 5.96. The van der Waals surface area contributed by atoms with Crippen LogP contribution in [0.4, 0.5) is 5.69 Å². The highest BCUT2D eigenvalue weighted by molar-refractivity contribution is 5.94. The lowest BCUT2D eigenvalue weighted by molar-refractivity contribution is -0.116. The Morgan fingerprint density at radius 1 is 1.10 bits per heavy atom. The molecule has 0 spiro atoms. The fourth-order valence-corrected chi connectivity index (χ4v) is 4.59. The van der Waals surface area contributed by atoms with Crippen molar-refractivity contribution in [2.75, 3.05) is 31.6 Å². The topological polar surface area (TPSA) is 41.6 Å². The number of fused-ring (bicyclic) bond motifs is 1. The van der Waals surface area contributed by atoms with Crippen LogP contribution >= 0.6 is 0 Å². The normalized spacial score (nSPS) is 20.2. The van der Waals surface area contributed by atoms with Gasteiger partial charge in [-0.15, -0.1) is 0 Å². The zero-order valence-corrected chi connectivity index (χ0v) is 17.4. The van der Waals surface area contributed by atoms with E-state index in [4.69, 9.17) is 4.74 Å².